The third kappa shape index (κ3) is 3.52. The number of ketones is 1. The summed E-state index contributed by atoms with van der Waals surface area (Å²) in [6, 6.07) is 16.5. The molecule has 6 nitrogen and oxygen atoms in total. The van der Waals surface area contributed by atoms with Crippen molar-refractivity contribution in [3.63, 3.8) is 0 Å². The maximum Gasteiger partial charge on any atom is 0.254 e. The lowest BCUT2D eigenvalue weighted by molar-refractivity contribution is 0.101. The van der Waals surface area contributed by atoms with E-state index in [0.29, 0.717) is 28.0 Å². The van der Waals surface area contributed by atoms with Crippen LogP contribution in [0.3, 0.4) is 0 Å². The zero-order valence-electron chi connectivity index (χ0n) is 14.8. The molecule has 0 unspecified atom stereocenters. The van der Waals surface area contributed by atoms with Crippen LogP contribution < -0.4 is 5.32 Å². The van der Waals surface area contributed by atoms with Gasteiger partial charge in [0.25, 0.3) is 5.78 Å². The number of aryl methyl sites for hydroxylation is 1. The maximum atomic E-state index is 11.6. The number of hydrogen-bond acceptors (Lipinski definition) is 5. The van der Waals surface area contributed by atoms with E-state index >= 15 is 0 Å². The second kappa shape index (κ2) is 6.81. The predicted molar refractivity (Wildman–Crippen MR) is 106 cm³/mol. The first-order valence-corrected chi connectivity index (χ1v) is 8.76. The summed E-state index contributed by atoms with van der Waals surface area (Å²) < 4.78 is 1.65. The number of benzene rings is 2. The predicted octanol–water partition coefficient (Wildman–Crippen LogP) is 4.70. The number of hydrogen-bond donors (Lipinski definition) is 1. The number of carbonyl (C=O) groups excluding carboxylic acids is 1. The van der Waals surface area contributed by atoms with Crippen LogP contribution >= 0.6 is 11.6 Å². The molecule has 134 valence electrons. The van der Waals surface area contributed by atoms with E-state index in [1.54, 1.807) is 35.7 Å². The standard InChI is InChI=1S/C20H16ClN5O/c1-12-10-18(23-17-5-3-4-15(11-17)13(2)27)26-20(22-12)24-19(25-26)14-6-8-16(21)9-7-14/h3-11,23H,1-2H3. The second-order valence-corrected chi connectivity index (χ2v) is 6.64. The summed E-state index contributed by atoms with van der Waals surface area (Å²) in [5.74, 6) is 1.78. The van der Waals surface area contributed by atoms with E-state index in [4.69, 9.17) is 11.6 Å². The second-order valence-electron chi connectivity index (χ2n) is 6.20. The minimum atomic E-state index is 0.0143. The van der Waals surface area contributed by atoms with Gasteiger partial charge in [-0.15, -0.1) is 5.10 Å². The number of fused-ring (bicyclic) bond motifs is 1. The Labute approximate surface area is 160 Å². The summed E-state index contributed by atoms with van der Waals surface area (Å²) in [6.45, 7) is 3.44. The summed E-state index contributed by atoms with van der Waals surface area (Å²) in [7, 11) is 0. The molecule has 1 N–H and O–H groups in total. The Morgan fingerprint density at radius 2 is 1.85 bits per heavy atom. The van der Waals surface area contributed by atoms with E-state index in [2.05, 4.69) is 20.4 Å². The van der Waals surface area contributed by atoms with E-state index in [9.17, 15) is 4.79 Å². The van der Waals surface area contributed by atoms with Crippen molar-refractivity contribution >= 4 is 34.7 Å². The molecule has 0 aliphatic carbocycles. The van der Waals surface area contributed by atoms with Crippen LogP contribution in [0.1, 0.15) is 23.0 Å². The van der Waals surface area contributed by atoms with E-state index in [1.165, 1.54) is 0 Å². The Balaban J connectivity index is 1.77. The Hall–Kier alpha value is -3.25. The van der Waals surface area contributed by atoms with Gasteiger partial charge in [-0.3, -0.25) is 4.79 Å². The number of Topliss-reactive ketones (excluding diaryl/α,β-unsaturated/α-hetero) is 1. The molecule has 0 saturated heterocycles. The fourth-order valence-electron chi connectivity index (χ4n) is 2.76. The molecule has 0 aliphatic rings. The van der Waals surface area contributed by atoms with Gasteiger partial charge >= 0.3 is 0 Å². The highest BCUT2D eigenvalue weighted by atomic mass is 35.5. The molecule has 0 bridgehead atoms. The van der Waals surface area contributed by atoms with Crippen molar-refractivity contribution < 1.29 is 4.79 Å². The molecule has 0 spiro atoms. The average molecular weight is 378 g/mol. The fourth-order valence-corrected chi connectivity index (χ4v) is 2.89. The molecule has 27 heavy (non-hydrogen) atoms. The van der Waals surface area contributed by atoms with Gasteiger partial charge in [0.15, 0.2) is 11.6 Å². The van der Waals surface area contributed by atoms with Crippen LogP contribution in [0.5, 0.6) is 0 Å². The zero-order valence-corrected chi connectivity index (χ0v) is 15.5. The zero-order chi connectivity index (χ0) is 19.0. The van der Waals surface area contributed by atoms with Gasteiger partial charge in [-0.2, -0.15) is 9.50 Å². The monoisotopic (exact) mass is 377 g/mol. The van der Waals surface area contributed by atoms with Gasteiger partial charge < -0.3 is 5.32 Å². The van der Waals surface area contributed by atoms with Crippen molar-refractivity contribution in [3.8, 4) is 11.4 Å². The third-order valence-electron chi connectivity index (χ3n) is 4.08. The van der Waals surface area contributed by atoms with Crippen molar-refractivity contribution in [3.05, 3.63) is 70.9 Å². The topological polar surface area (TPSA) is 72.2 Å². The van der Waals surface area contributed by atoms with Gasteiger partial charge in [0.2, 0.25) is 0 Å². The van der Waals surface area contributed by atoms with Crippen LogP contribution in [-0.2, 0) is 0 Å². The highest BCUT2D eigenvalue weighted by Gasteiger charge is 2.12. The molecule has 2 heterocycles. The highest BCUT2D eigenvalue weighted by Crippen LogP contribution is 2.23. The van der Waals surface area contributed by atoms with Crippen LogP contribution in [0.15, 0.2) is 54.6 Å². The molecule has 2 aromatic carbocycles. The lowest BCUT2D eigenvalue weighted by atomic mass is 10.1. The SMILES string of the molecule is CC(=O)c1cccc(Nc2cc(C)nc3nc(-c4ccc(Cl)cc4)nn23)c1. The Kier molecular flexibility index (Phi) is 4.33. The Morgan fingerprint density at radius 1 is 1.07 bits per heavy atom. The number of halogens is 1. The normalized spacial score (nSPS) is 10.9. The van der Waals surface area contributed by atoms with E-state index in [1.807, 2.05) is 37.3 Å². The fraction of sp³-hybridized carbons (Fsp3) is 0.100. The molecule has 2 aromatic heterocycles. The van der Waals surface area contributed by atoms with Crippen LogP contribution in [0.25, 0.3) is 17.2 Å². The molecule has 7 heteroatoms. The van der Waals surface area contributed by atoms with E-state index in [0.717, 1.165) is 16.9 Å². The van der Waals surface area contributed by atoms with Crippen molar-refractivity contribution in [2.75, 3.05) is 5.32 Å². The highest BCUT2D eigenvalue weighted by molar-refractivity contribution is 6.30. The summed E-state index contributed by atoms with van der Waals surface area (Å²) in [5, 5.41) is 8.54. The summed E-state index contributed by atoms with van der Waals surface area (Å²) in [4.78, 5) is 20.6. The molecule has 0 saturated carbocycles. The molecule has 0 radical (unpaired) electrons. The summed E-state index contributed by atoms with van der Waals surface area (Å²) in [6.07, 6.45) is 0. The van der Waals surface area contributed by atoms with Crippen LogP contribution in [0.4, 0.5) is 11.5 Å². The van der Waals surface area contributed by atoms with Gasteiger partial charge in [-0.25, -0.2) is 4.98 Å². The average Bonchev–Trinajstić information content (AvgIpc) is 3.06. The third-order valence-corrected chi connectivity index (χ3v) is 4.34. The first-order valence-electron chi connectivity index (χ1n) is 8.38. The van der Waals surface area contributed by atoms with Gasteiger partial charge in [-0.1, -0.05) is 23.7 Å². The summed E-state index contributed by atoms with van der Waals surface area (Å²) in [5.41, 5.74) is 3.09. The Bertz CT molecular complexity index is 1150. The van der Waals surface area contributed by atoms with E-state index < -0.39 is 0 Å². The van der Waals surface area contributed by atoms with Crippen LogP contribution in [0.2, 0.25) is 5.02 Å². The number of nitrogens with zero attached hydrogens (tertiary/aromatic N) is 4. The van der Waals surface area contributed by atoms with Gasteiger partial charge in [0.05, 0.1) is 0 Å². The number of nitrogens with one attached hydrogen (secondary N) is 1. The van der Waals surface area contributed by atoms with Crippen molar-refractivity contribution in [1.29, 1.82) is 0 Å². The molecule has 4 aromatic rings. The van der Waals surface area contributed by atoms with Gasteiger partial charge in [0, 0.05) is 33.6 Å². The summed E-state index contributed by atoms with van der Waals surface area (Å²) >= 11 is 5.96. The van der Waals surface area contributed by atoms with Crippen molar-refractivity contribution in [1.82, 2.24) is 19.6 Å². The lowest BCUT2D eigenvalue weighted by Gasteiger charge is -2.09. The molecule has 0 atom stereocenters. The van der Waals surface area contributed by atoms with Crippen LogP contribution in [0, 0.1) is 6.92 Å². The van der Waals surface area contributed by atoms with Crippen LogP contribution in [-0.4, -0.2) is 25.4 Å². The first-order chi connectivity index (χ1) is 13.0. The number of aromatic nitrogens is 4. The minimum absolute atomic E-state index is 0.0143. The largest absolute Gasteiger partial charge is 0.340 e. The smallest absolute Gasteiger partial charge is 0.254 e. The van der Waals surface area contributed by atoms with Gasteiger partial charge in [0.1, 0.15) is 5.82 Å². The number of carbonyl (C=O) groups is 1. The van der Waals surface area contributed by atoms with E-state index in [-0.39, 0.29) is 5.78 Å². The molecule has 0 aliphatic heterocycles. The number of anilines is 2. The molecular formula is C20H16ClN5O. The molecule has 0 amide bonds. The van der Waals surface area contributed by atoms with Gasteiger partial charge in [-0.05, 0) is 50.2 Å². The quantitative estimate of drug-likeness (QED) is 0.522. The number of rotatable bonds is 4. The van der Waals surface area contributed by atoms with Crippen molar-refractivity contribution in [2.45, 2.75) is 13.8 Å². The lowest BCUT2D eigenvalue weighted by Crippen LogP contribution is -2.03. The van der Waals surface area contributed by atoms with Crippen molar-refractivity contribution in [2.24, 2.45) is 0 Å². The molecule has 4 rings (SSSR count). The maximum absolute atomic E-state index is 11.6. The first kappa shape index (κ1) is 17.2. The minimum Gasteiger partial charge on any atom is -0.340 e. The molecular weight excluding hydrogens is 362 g/mol. The molecule has 0 fully saturated rings. The Morgan fingerprint density at radius 3 is 2.59 bits per heavy atom.